The molecular formula is C24H40BBrO4. The summed E-state index contributed by atoms with van der Waals surface area (Å²) in [6, 6.07) is 3.56. The highest BCUT2D eigenvalue weighted by atomic mass is 79.9. The highest BCUT2D eigenvalue weighted by molar-refractivity contribution is 9.11. The molecule has 0 aliphatic rings. The van der Waals surface area contributed by atoms with Crippen molar-refractivity contribution < 1.29 is 19.5 Å². The summed E-state index contributed by atoms with van der Waals surface area (Å²) in [6.45, 7) is 9.94. The molecule has 0 aliphatic carbocycles. The normalized spacial score (nSPS) is 13.4. The predicted octanol–water partition coefficient (Wildman–Crippen LogP) is 5.92. The summed E-state index contributed by atoms with van der Waals surface area (Å²) >= 11 is 3.35. The highest BCUT2D eigenvalue weighted by Crippen LogP contribution is 2.27. The van der Waals surface area contributed by atoms with E-state index in [0.717, 1.165) is 31.2 Å². The Morgan fingerprint density at radius 2 is 1.43 bits per heavy atom. The topological polar surface area (TPSA) is 58.9 Å². The van der Waals surface area contributed by atoms with Crippen LogP contribution in [0, 0.1) is 11.8 Å². The Hall–Kier alpha value is -0.975. The summed E-state index contributed by atoms with van der Waals surface area (Å²) in [5.74, 6) is 2.11. The second-order valence-corrected chi connectivity index (χ2v) is 8.58. The molecule has 0 saturated heterocycles. The third kappa shape index (κ3) is 9.44. The lowest BCUT2D eigenvalue weighted by Crippen LogP contribution is -2.32. The fourth-order valence-corrected chi connectivity index (χ4v) is 3.74. The van der Waals surface area contributed by atoms with Crippen molar-refractivity contribution in [1.29, 1.82) is 0 Å². The van der Waals surface area contributed by atoms with Gasteiger partial charge in [-0.1, -0.05) is 82.1 Å². The molecular weight excluding hydrogens is 443 g/mol. The van der Waals surface area contributed by atoms with Crippen LogP contribution in [0.5, 0.6) is 11.5 Å². The van der Waals surface area contributed by atoms with Crippen LogP contribution in [0.2, 0.25) is 0 Å². The Morgan fingerprint density at radius 1 is 0.900 bits per heavy atom. The van der Waals surface area contributed by atoms with E-state index in [0.29, 0.717) is 42.0 Å². The maximum Gasteiger partial charge on any atom is 0.492 e. The monoisotopic (exact) mass is 482 g/mol. The molecule has 2 atom stereocenters. The molecule has 0 fully saturated rings. The molecule has 6 heteroatoms. The molecule has 0 aliphatic heterocycles. The fraction of sp³-hybridized carbons (Fsp3) is 0.667. The SMILES string of the molecule is CCCCC(CC)COc1cc(B(O)O)c(OCC(CC)CCCC)cc1/C=C/Br. The molecule has 1 aromatic carbocycles. The summed E-state index contributed by atoms with van der Waals surface area (Å²) in [5.41, 5.74) is 1.21. The molecule has 30 heavy (non-hydrogen) atoms. The lowest BCUT2D eigenvalue weighted by Gasteiger charge is -2.21. The summed E-state index contributed by atoms with van der Waals surface area (Å²) in [6.07, 6.45) is 11.0. The first-order valence-corrected chi connectivity index (χ1v) is 12.5. The minimum atomic E-state index is -1.61. The third-order valence-corrected chi connectivity index (χ3v) is 5.96. The number of ether oxygens (including phenoxy) is 2. The predicted molar refractivity (Wildman–Crippen MR) is 132 cm³/mol. The van der Waals surface area contributed by atoms with Gasteiger partial charge in [-0.3, -0.25) is 0 Å². The van der Waals surface area contributed by atoms with Gasteiger partial charge in [0.2, 0.25) is 0 Å². The second kappa shape index (κ2) is 15.8. The molecule has 0 radical (unpaired) electrons. The summed E-state index contributed by atoms with van der Waals surface area (Å²) in [7, 11) is -1.61. The summed E-state index contributed by atoms with van der Waals surface area (Å²) < 4.78 is 12.2. The van der Waals surface area contributed by atoms with Gasteiger partial charge < -0.3 is 19.5 Å². The minimum absolute atomic E-state index is 0.351. The molecule has 2 unspecified atom stereocenters. The highest BCUT2D eigenvalue weighted by Gasteiger charge is 2.22. The molecule has 4 nitrogen and oxygen atoms in total. The Balaban J connectivity index is 3.03. The first-order chi connectivity index (χ1) is 14.5. The molecule has 170 valence electrons. The molecule has 0 aromatic heterocycles. The number of halogens is 1. The van der Waals surface area contributed by atoms with E-state index in [1.807, 2.05) is 12.1 Å². The van der Waals surface area contributed by atoms with Gasteiger partial charge in [-0.05, 0) is 47.9 Å². The van der Waals surface area contributed by atoms with Crippen molar-refractivity contribution in [2.75, 3.05) is 13.2 Å². The lowest BCUT2D eigenvalue weighted by molar-refractivity contribution is 0.228. The number of unbranched alkanes of at least 4 members (excludes halogenated alkanes) is 2. The van der Waals surface area contributed by atoms with Crippen LogP contribution in [-0.4, -0.2) is 30.4 Å². The third-order valence-electron chi connectivity index (χ3n) is 5.70. The van der Waals surface area contributed by atoms with E-state index >= 15 is 0 Å². The lowest BCUT2D eigenvalue weighted by atomic mass is 9.78. The zero-order valence-electron chi connectivity index (χ0n) is 19.2. The van der Waals surface area contributed by atoms with Crippen molar-refractivity contribution in [3.8, 4) is 11.5 Å². The van der Waals surface area contributed by atoms with Crippen molar-refractivity contribution in [2.45, 2.75) is 79.1 Å². The average Bonchev–Trinajstić information content (AvgIpc) is 2.74. The smallest absolute Gasteiger partial charge is 0.492 e. The van der Waals surface area contributed by atoms with E-state index in [9.17, 15) is 10.0 Å². The van der Waals surface area contributed by atoms with Crippen LogP contribution in [0.1, 0.15) is 84.6 Å². The standard InChI is InChI=1S/C24H40BBrO4/c1-5-9-11-19(7-3)17-29-23-16-22(25(27)28)24(15-21(23)13-14-26)30-18-20(8-4)12-10-6-2/h13-16,19-20,27-28H,5-12,17-18H2,1-4H3/b14-13+. The Kier molecular flexibility index (Phi) is 14.2. The number of rotatable bonds is 16. The Morgan fingerprint density at radius 3 is 1.87 bits per heavy atom. The second-order valence-electron chi connectivity index (χ2n) is 8.05. The molecule has 0 bridgehead atoms. The largest absolute Gasteiger partial charge is 0.494 e. The van der Waals surface area contributed by atoms with E-state index < -0.39 is 7.12 Å². The molecule has 1 aromatic rings. The van der Waals surface area contributed by atoms with Crippen molar-refractivity contribution in [1.82, 2.24) is 0 Å². The number of benzene rings is 1. The zero-order valence-corrected chi connectivity index (χ0v) is 20.8. The molecule has 1 rings (SSSR count). The van der Waals surface area contributed by atoms with Crippen molar-refractivity contribution in [3.63, 3.8) is 0 Å². The molecule has 0 amide bonds. The summed E-state index contributed by atoms with van der Waals surface area (Å²) in [5, 5.41) is 19.9. The van der Waals surface area contributed by atoms with E-state index in [2.05, 4.69) is 43.6 Å². The van der Waals surface area contributed by atoms with Gasteiger partial charge in [0.05, 0.1) is 13.2 Å². The first-order valence-electron chi connectivity index (χ1n) is 11.6. The molecule has 0 heterocycles. The van der Waals surface area contributed by atoms with E-state index in [4.69, 9.17) is 9.47 Å². The number of hydrogen-bond acceptors (Lipinski definition) is 4. The van der Waals surface area contributed by atoms with E-state index in [1.54, 1.807) is 11.1 Å². The zero-order chi connectivity index (χ0) is 22.4. The van der Waals surface area contributed by atoms with Gasteiger partial charge >= 0.3 is 7.12 Å². The van der Waals surface area contributed by atoms with Gasteiger partial charge in [0, 0.05) is 11.0 Å². The van der Waals surface area contributed by atoms with Gasteiger partial charge in [0.1, 0.15) is 11.5 Å². The Bertz CT molecular complexity index is 621. The van der Waals surface area contributed by atoms with Crippen LogP contribution in [0.25, 0.3) is 6.08 Å². The molecule has 0 saturated carbocycles. The maximum atomic E-state index is 9.95. The van der Waals surface area contributed by atoms with Crippen molar-refractivity contribution in [3.05, 3.63) is 22.7 Å². The fourth-order valence-electron chi connectivity index (χ4n) is 3.45. The van der Waals surface area contributed by atoms with E-state index in [1.165, 1.54) is 25.7 Å². The van der Waals surface area contributed by atoms with Gasteiger partial charge in [-0.25, -0.2) is 0 Å². The van der Waals surface area contributed by atoms with Crippen LogP contribution in [0.15, 0.2) is 17.1 Å². The van der Waals surface area contributed by atoms with Crippen molar-refractivity contribution >= 4 is 34.6 Å². The van der Waals surface area contributed by atoms with E-state index in [-0.39, 0.29) is 0 Å². The summed E-state index contributed by atoms with van der Waals surface area (Å²) in [4.78, 5) is 1.78. The van der Waals surface area contributed by atoms with Crippen LogP contribution < -0.4 is 14.9 Å². The van der Waals surface area contributed by atoms with Gasteiger partial charge in [0.25, 0.3) is 0 Å². The maximum absolute atomic E-state index is 9.95. The van der Waals surface area contributed by atoms with Gasteiger partial charge in [-0.15, -0.1) is 0 Å². The van der Waals surface area contributed by atoms with Crippen LogP contribution >= 0.6 is 15.9 Å². The Labute approximate surface area is 192 Å². The minimum Gasteiger partial charge on any atom is -0.494 e. The van der Waals surface area contributed by atoms with Crippen LogP contribution in [0.3, 0.4) is 0 Å². The van der Waals surface area contributed by atoms with Crippen LogP contribution in [-0.2, 0) is 0 Å². The molecule has 0 spiro atoms. The van der Waals surface area contributed by atoms with Crippen molar-refractivity contribution in [2.24, 2.45) is 11.8 Å². The average molecular weight is 483 g/mol. The van der Waals surface area contributed by atoms with Gasteiger partial charge in [0.15, 0.2) is 0 Å². The van der Waals surface area contributed by atoms with Crippen LogP contribution in [0.4, 0.5) is 0 Å². The quantitative estimate of drug-likeness (QED) is 0.287. The molecule has 2 N–H and O–H groups in total. The first kappa shape index (κ1) is 27.1. The number of hydrogen-bond donors (Lipinski definition) is 2. The van der Waals surface area contributed by atoms with Gasteiger partial charge in [-0.2, -0.15) is 0 Å².